The first kappa shape index (κ1) is 41.0. The zero-order valence-electron chi connectivity index (χ0n) is 31.8. The predicted molar refractivity (Wildman–Crippen MR) is 195 cm³/mol. The molecule has 10 nitrogen and oxygen atoms in total. The third-order valence-corrected chi connectivity index (χ3v) is 13.7. The number of carbonyl (C=O) groups is 3. The average molecular weight is 706 g/mol. The van der Waals surface area contributed by atoms with Crippen molar-refractivity contribution < 1.29 is 33.3 Å². The number of carbonyl (C=O) groups excluding carboxylic acids is 3. The van der Waals surface area contributed by atoms with Gasteiger partial charge in [0.1, 0.15) is 12.2 Å². The first-order valence-electron chi connectivity index (χ1n) is 20.3. The van der Waals surface area contributed by atoms with Gasteiger partial charge in [0.25, 0.3) is 0 Å². The fourth-order valence-corrected chi connectivity index (χ4v) is 11.1. The molecule has 4 fully saturated rings. The number of hydrogen-bond acceptors (Lipinski definition) is 10. The Morgan fingerprint density at radius 1 is 0.760 bits per heavy atom. The molecule has 0 heterocycles. The molecule has 288 valence electrons. The van der Waals surface area contributed by atoms with Crippen molar-refractivity contribution in [3.05, 3.63) is 0 Å². The molecule has 0 amide bonds. The lowest BCUT2D eigenvalue weighted by Gasteiger charge is -2.64. The third kappa shape index (κ3) is 9.61. The molecule has 6 N–H and O–H groups in total. The summed E-state index contributed by atoms with van der Waals surface area (Å²) in [6.45, 7) is 11.7. The Bertz CT molecular complexity index is 1090. The van der Waals surface area contributed by atoms with E-state index in [0.717, 1.165) is 70.6 Å². The molecule has 0 radical (unpaired) electrons. The van der Waals surface area contributed by atoms with E-state index in [-0.39, 0.29) is 84.8 Å². The Labute approximate surface area is 302 Å². The van der Waals surface area contributed by atoms with Gasteiger partial charge in [0.2, 0.25) is 0 Å². The second kappa shape index (κ2) is 19.4. The molecule has 4 saturated carbocycles. The number of esters is 3. The Balaban J connectivity index is 1.55. The van der Waals surface area contributed by atoms with Crippen molar-refractivity contribution in [2.24, 2.45) is 63.5 Å². The summed E-state index contributed by atoms with van der Waals surface area (Å²) >= 11 is 0. The van der Waals surface area contributed by atoms with Crippen LogP contribution >= 0.6 is 0 Å². The van der Waals surface area contributed by atoms with Gasteiger partial charge in [-0.3, -0.25) is 14.4 Å². The van der Waals surface area contributed by atoms with Gasteiger partial charge < -0.3 is 36.1 Å². The summed E-state index contributed by atoms with van der Waals surface area (Å²) in [5.41, 5.74) is 17.3. The summed E-state index contributed by atoms with van der Waals surface area (Å²) in [6.07, 6.45) is 14.2. The second-order valence-electron chi connectivity index (χ2n) is 16.7. The van der Waals surface area contributed by atoms with Crippen LogP contribution in [0.1, 0.15) is 137 Å². The maximum Gasteiger partial charge on any atom is 0.307 e. The molecule has 0 aromatic heterocycles. The first-order chi connectivity index (χ1) is 24.0. The fraction of sp³-hybridized carbons (Fsp3) is 0.925. The maximum atomic E-state index is 13.1. The quantitative estimate of drug-likeness (QED) is 0.0771. The fourth-order valence-electron chi connectivity index (χ4n) is 11.1. The molecule has 0 bridgehead atoms. The summed E-state index contributed by atoms with van der Waals surface area (Å²) in [5.74, 6) is 1.25. The highest BCUT2D eigenvalue weighted by Gasteiger charge is 2.67. The van der Waals surface area contributed by atoms with Crippen molar-refractivity contribution in [1.29, 1.82) is 0 Å². The molecule has 4 aliphatic carbocycles. The van der Waals surface area contributed by atoms with E-state index < -0.39 is 0 Å². The van der Waals surface area contributed by atoms with Crippen LogP contribution in [0, 0.1) is 46.3 Å². The van der Waals surface area contributed by atoms with Crippen molar-refractivity contribution in [2.45, 2.75) is 155 Å². The smallest absolute Gasteiger partial charge is 0.307 e. The molecular formula is C40H71N3O7. The lowest BCUT2D eigenvalue weighted by atomic mass is 9.43. The van der Waals surface area contributed by atoms with Crippen molar-refractivity contribution in [1.82, 2.24) is 0 Å². The highest BCUT2D eigenvalue weighted by Crippen LogP contribution is 2.69. The average Bonchev–Trinajstić information content (AvgIpc) is 3.44. The van der Waals surface area contributed by atoms with Crippen LogP contribution in [0.25, 0.3) is 0 Å². The molecule has 50 heavy (non-hydrogen) atoms. The zero-order chi connectivity index (χ0) is 36.3. The molecule has 0 aromatic rings. The van der Waals surface area contributed by atoms with E-state index in [1.54, 1.807) is 0 Å². The molecule has 0 spiro atoms. The maximum absolute atomic E-state index is 13.1. The minimum Gasteiger partial charge on any atom is -0.466 e. The van der Waals surface area contributed by atoms with Crippen LogP contribution in [0.15, 0.2) is 0 Å². The highest BCUT2D eigenvalue weighted by atomic mass is 16.6. The Morgan fingerprint density at radius 2 is 1.48 bits per heavy atom. The Kier molecular flexibility index (Phi) is 15.9. The second-order valence-corrected chi connectivity index (χ2v) is 16.7. The van der Waals surface area contributed by atoms with Gasteiger partial charge in [0.05, 0.1) is 25.6 Å². The lowest BCUT2D eigenvalue weighted by molar-refractivity contribution is -0.226. The number of fused-ring (bicyclic) bond motifs is 5. The molecular weight excluding hydrogens is 634 g/mol. The van der Waals surface area contributed by atoms with Gasteiger partial charge in [-0.25, -0.2) is 0 Å². The summed E-state index contributed by atoms with van der Waals surface area (Å²) in [4.78, 5) is 38.3. The monoisotopic (exact) mass is 706 g/mol. The van der Waals surface area contributed by atoms with Gasteiger partial charge in [-0.05, 0) is 106 Å². The number of ether oxygens (including phenoxy) is 4. The molecule has 11 atom stereocenters. The topological polar surface area (TPSA) is 166 Å². The molecule has 0 unspecified atom stereocenters. The van der Waals surface area contributed by atoms with E-state index in [0.29, 0.717) is 49.9 Å². The standard InChI is InChI=1S/C40H71N3O7/c1-5-6-7-8-9-22-48-35(44)14-11-27(2)30-12-13-31-38-32(26-34(40(30,31)4)47-23-10-19-41)39(3)18-15-29(49-36(45)16-20-42)24-28(39)25-33(38)50-37(46)17-21-43/h27-34,38H,5-26,41-43H2,1-4H3/t27-,28+,29-,30-,31+,32+,33-,34+,38+,39+,40-/m1/s1. The molecule has 4 rings (SSSR count). The summed E-state index contributed by atoms with van der Waals surface area (Å²) in [7, 11) is 0. The lowest BCUT2D eigenvalue weighted by Crippen LogP contribution is -2.63. The predicted octanol–water partition coefficient (Wildman–Crippen LogP) is 6.05. The van der Waals surface area contributed by atoms with Crippen molar-refractivity contribution in [3.63, 3.8) is 0 Å². The van der Waals surface area contributed by atoms with E-state index in [2.05, 4.69) is 27.7 Å². The van der Waals surface area contributed by atoms with Crippen LogP contribution in [-0.2, 0) is 33.3 Å². The Hall–Kier alpha value is -1.75. The SMILES string of the molecule is CCCCCCCOC(=O)CC[C@@H](C)[C@H]1CC[C@H]2[C@@H]3[C@H](OC(=O)CCN)C[C@@H]4C[C@H](OC(=O)CCN)CC[C@]4(C)[C@H]3C[C@H](OCCCN)[C@]12C. The minimum atomic E-state index is -0.232. The number of nitrogens with two attached hydrogens (primary N) is 3. The third-order valence-electron chi connectivity index (χ3n) is 13.7. The normalized spacial score (nSPS) is 35.3. The van der Waals surface area contributed by atoms with Crippen molar-refractivity contribution >= 4 is 17.9 Å². The zero-order valence-corrected chi connectivity index (χ0v) is 31.8. The minimum absolute atomic E-state index is 0.0129. The van der Waals surface area contributed by atoms with Crippen LogP contribution in [0.5, 0.6) is 0 Å². The van der Waals surface area contributed by atoms with E-state index in [4.69, 9.17) is 36.1 Å². The van der Waals surface area contributed by atoms with Crippen LogP contribution in [0.4, 0.5) is 0 Å². The highest BCUT2D eigenvalue weighted by molar-refractivity contribution is 5.70. The van der Waals surface area contributed by atoms with Gasteiger partial charge >= 0.3 is 17.9 Å². The van der Waals surface area contributed by atoms with E-state index in [9.17, 15) is 14.4 Å². The number of hydrogen-bond donors (Lipinski definition) is 3. The first-order valence-corrected chi connectivity index (χ1v) is 20.3. The van der Waals surface area contributed by atoms with Crippen LogP contribution in [-0.4, -0.2) is 69.1 Å². The molecule has 0 aliphatic heterocycles. The van der Waals surface area contributed by atoms with Gasteiger partial charge in [-0.1, -0.05) is 53.4 Å². The molecule has 10 heteroatoms. The largest absolute Gasteiger partial charge is 0.466 e. The van der Waals surface area contributed by atoms with Gasteiger partial charge in [-0.15, -0.1) is 0 Å². The van der Waals surface area contributed by atoms with E-state index in [1.165, 1.54) is 19.3 Å². The Morgan fingerprint density at radius 3 is 2.18 bits per heavy atom. The molecule has 4 aliphatic rings. The van der Waals surface area contributed by atoms with Gasteiger partial charge in [0, 0.05) is 37.5 Å². The summed E-state index contributed by atoms with van der Waals surface area (Å²) in [5, 5.41) is 0. The van der Waals surface area contributed by atoms with Gasteiger partial charge in [-0.2, -0.15) is 0 Å². The van der Waals surface area contributed by atoms with E-state index in [1.807, 2.05) is 0 Å². The van der Waals surface area contributed by atoms with E-state index >= 15 is 0 Å². The summed E-state index contributed by atoms with van der Waals surface area (Å²) < 4.78 is 24.8. The van der Waals surface area contributed by atoms with Crippen LogP contribution < -0.4 is 17.2 Å². The number of unbranched alkanes of at least 4 members (excludes halogenated alkanes) is 4. The summed E-state index contributed by atoms with van der Waals surface area (Å²) in [6, 6.07) is 0. The molecule has 0 saturated heterocycles. The van der Waals surface area contributed by atoms with Crippen molar-refractivity contribution in [2.75, 3.05) is 32.8 Å². The van der Waals surface area contributed by atoms with Gasteiger partial charge in [0.15, 0.2) is 0 Å². The van der Waals surface area contributed by atoms with Crippen LogP contribution in [0.2, 0.25) is 0 Å². The van der Waals surface area contributed by atoms with Crippen LogP contribution in [0.3, 0.4) is 0 Å². The molecule has 0 aromatic carbocycles. The number of rotatable bonds is 20. The van der Waals surface area contributed by atoms with Crippen molar-refractivity contribution in [3.8, 4) is 0 Å².